The molecular weight excluding hydrogens is 170 g/mol. The Balaban J connectivity index is 2.53. The molecule has 0 radical (unpaired) electrons. The lowest BCUT2D eigenvalue weighted by molar-refractivity contribution is -0.136. The summed E-state index contributed by atoms with van der Waals surface area (Å²) in [5, 5.41) is 8.48. The maximum absolute atomic E-state index is 10.3. The first kappa shape index (κ1) is 9.57. The van der Waals surface area contributed by atoms with Gasteiger partial charge in [0.2, 0.25) is 5.95 Å². The number of carboxylic acid groups (broad SMARTS) is 1. The van der Waals surface area contributed by atoms with Gasteiger partial charge in [0.15, 0.2) is 0 Å². The summed E-state index contributed by atoms with van der Waals surface area (Å²) in [4.78, 5) is 16.2. The SMILES string of the molecule is CN(CCC(=O)O)c1nccn1C. The van der Waals surface area contributed by atoms with E-state index < -0.39 is 5.97 Å². The normalized spacial score (nSPS) is 10.0. The molecule has 0 aliphatic carbocycles. The monoisotopic (exact) mass is 183 g/mol. The van der Waals surface area contributed by atoms with Gasteiger partial charge in [-0.2, -0.15) is 0 Å². The Bertz CT molecular complexity index is 295. The number of aryl methyl sites for hydroxylation is 1. The van der Waals surface area contributed by atoms with Crippen LogP contribution in [0, 0.1) is 0 Å². The summed E-state index contributed by atoms with van der Waals surface area (Å²) >= 11 is 0. The van der Waals surface area contributed by atoms with Crippen LogP contribution in [0.15, 0.2) is 12.4 Å². The van der Waals surface area contributed by atoms with E-state index in [-0.39, 0.29) is 6.42 Å². The minimum absolute atomic E-state index is 0.128. The standard InChI is InChI=1S/C8H13N3O2/c1-10(5-3-7(12)13)8-9-4-6-11(8)2/h4,6H,3,5H2,1-2H3,(H,12,13). The molecule has 0 aromatic carbocycles. The van der Waals surface area contributed by atoms with Crippen molar-refractivity contribution in [3.63, 3.8) is 0 Å². The van der Waals surface area contributed by atoms with Crippen LogP contribution < -0.4 is 4.90 Å². The number of anilines is 1. The van der Waals surface area contributed by atoms with Gasteiger partial charge in [-0.3, -0.25) is 4.79 Å². The van der Waals surface area contributed by atoms with Crippen molar-refractivity contribution in [2.45, 2.75) is 6.42 Å². The summed E-state index contributed by atoms with van der Waals surface area (Å²) in [5.41, 5.74) is 0. The van der Waals surface area contributed by atoms with Gasteiger partial charge in [-0.25, -0.2) is 4.98 Å². The average molecular weight is 183 g/mol. The molecule has 1 rings (SSSR count). The van der Waals surface area contributed by atoms with Crippen molar-refractivity contribution >= 4 is 11.9 Å². The topological polar surface area (TPSA) is 58.4 Å². The molecule has 0 bridgehead atoms. The first-order valence-electron chi connectivity index (χ1n) is 4.01. The lowest BCUT2D eigenvalue weighted by atomic mass is 10.4. The number of carboxylic acids is 1. The van der Waals surface area contributed by atoms with Crippen LogP contribution in [0.4, 0.5) is 5.95 Å². The lowest BCUT2D eigenvalue weighted by Crippen LogP contribution is -2.23. The van der Waals surface area contributed by atoms with E-state index in [1.807, 2.05) is 29.8 Å². The van der Waals surface area contributed by atoms with Crippen LogP contribution in [-0.2, 0) is 11.8 Å². The van der Waals surface area contributed by atoms with Crippen LogP contribution >= 0.6 is 0 Å². The highest BCUT2D eigenvalue weighted by Gasteiger charge is 2.06. The number of nitrogens with zero attached hydrogens (tertiary/aromatic N) is 3. The number of rotatable bonds is 4. The molecule has 0 atom stereocenters. The van der Waals surface area contributed by atoms with Crippen LogP contribution in [0.25, 0.3) is 0 Å². The third-order valence-electron chi connectivity index (χ3n) is 1.80. The number of aromatic nitrogens is 2. The Labute approximate surface area is 76.6 Å². The zero-order valence-electron chi connectivity index (χ0n) is 7.77. The fourth-order valence-corrected chi connectivity index (χ4v) is 1.09. The highest BCUT2D eigenvalue weighted by molar-refractivity contribution is 5.67. The van der Waals surface area contributed by atoms with Crippen molar-refractivity contribution in [2.24, 2.45) is 7.05 Å². The summed E-state index contributed by atoms with van der Waals surface area (Å²) < 4.78 is 1.85. The maximum atomic E-state index is 10.3. The number of imidazole rings is 1. The molecule has 5 heteroatoms. The van der Waals surface area contributed by atoms with E-state index in [9.17, 15) is 4.79 Å². The Morgan fingerprint density at radius 2 is 2.46 bits per heavy atom. The molecule has 72 valence electrons. The predicted molar refractivity (Wildman–Crippen MR) is 48.7 cm³/mol. The second-order valence-corrected chi connectivity index (χ2v) is 2.90. The number of aliphatic carboxylic acids is 1. The first-order chi connectivity index (χ1) is 6.11. The van der Waals surface area contributed by atoms with E-state index >= 15 is 0 Å². The smallest absolute Gasteiger partial charge is 0.305 e. The fourth-order valence-electron chi connectivity index (χ4n) is 1.09. The summed E-state index contributed by atoms with van der Waals surface area (Å²) in [7, 11) is 3.70. The molecule has 1 aromatic rings. The Kier molecular flexibility index (Phi) is 2.89. The Morgan fingerprint density at radius 1 is 1.77 bits per heavy atom. The molecule has 1 heterocycles. The number of carbonyl (C=O) groups is 1. The summed E-state index contributed by atoms with van der Waals surface area (Å²) in [6.45, 7) is 0.472. The molecule has 0 aliphatic heterocycles. The summed E-state index contributed by atoms with van der Waals surface area (Å²) in [6.07, 6.45) is 3.64. The van der Waals surface area contributed by atoms with Crippen molar-refractivity contribution in [3.8, 4) is 0 Å². The van der Waals surface area contributed by atoms with Crippen molar-refractivity contribution in [3.05, 3.63) is 12.4 Å². The molecule has 0 saturated heterocycles. The van der Waals surface area contributed by atoms with Gasteiger partial charge in [0.05, 0.1) is 6.42 Å². The van der Waals surface area contributed by atoms with E-state index in [0.29, 0.717) is 6.54 Å². The third kappa shape index (κ3) is 2.47. The molecule has 5 nitrogen and oxygen atoms in total. The van der Waals surface area contributed by atoms with Gasteiger partial charge in [-0.15, -0.1) is 0 Å². The van der Waals surface area contributed by atoms with E-state index in [1.165, 1.54) is 0 Å². The Morgan fingerprint density at radius 3 is 2.92 bits per heavy atom. The maximum Gasteiger partial charge on any atom is 0.305 e. The summed E-state index contributed by atoms with van der Waals surface area (Å²) in [5.74, 6) is -0.0118. The molecular formula is C8H13N3O2. The molecule has 0 spiro atoms. The highest BCUT2D eigenvalue weighted by Crippen LogP contribution is 2.06. The lowest BCUT2D eigenvalue weighted by Gasteiger charge is -2.16. The van der Waals surface area contributed by atoms with Crippen LogP contribution in [0.3, 0.4) is 0 Å². The molecule has 0 unspecified atom stereocenters. The van der Waals surface area contributed by atoms with Crippen molar-refractivity contribution in [2.75, 3.05) is 18.5 Å². The van der Waals surface area contributed by atoms with Gasteiger partial charge in [-0.1, -0.05) is 0 Å². The third-order valence-corrected chi connectivity index (χ3v) is 1.80. The fraction of sp³-hybridized carbons (Fsp3) is 0.500. The van der Waals surface area contributed by atoms with Crippen LogP contribution in [0.5, 0.6) is 0 Å². The minimum Gasteiger partial charge on any atom is -0.481 e. The molecule has 0 amide bonds. The Hall–Kier alpha value is -1.52. The van der Waals surface area contributed by atoms with Crippen molar-refractivity contribution < 1.29 is 9.90 Å². The van der Waals surface area contributed by atoms with E-state index in [4.69, 9.17) is 5.11 Å². The van der Waals surface area contributed by atoms with E-state index in [1.54, 1.807) is 6.20 Å². The van der Waals surface area contributed by atoms with Crippen molar-refractivity contribution in [1.29, 1.82) is 0 Å². The quantitative estimate of drug-likeness (QED) is 0.730. The largest absolute Gasteiger partial charge is 0.481 e. The zero-order valence-corrected chi connectivity index (χ0v) is 7.77. The van der Waals surface area contributed by atoms with Crippen molar-refractivity contribution in [1.82, 2.24) is 9.55 Å². The van der Waals surface area contributed by atoms with Gasteiger partial charge in [-0.05, 0) is 0 Å². The number of hydrogen-bond acceptors (Lipinski definition) is 3. The molecule has 0 saturated carbocycles. The van der Waals surface area contributed by atoms with Crippen LogP contribution in [-0.4, -0.2) is 34.2 Å². The second-order valence-electron chi connectivity index (χ2n) is 2.90. The average Bonchev–Trinajstić information content (AvgIpc) is 2.47. The van der Waals surface area contributed by atoms with Gasteiger partial charge >= 0.3 is 5.97 Å². The van der Waals surface area contributed by atoms with Crippen LogP contribution in [0.1, 0.15) is 6.42 Å². The summed E-state index contributed by atoms with van der Waals surface area (Å²) in [6, 6.07) is 0. The zero-order chi connectivity index (χ0) is 9.84. The minimum atomic E-state index is -0.791. The molecule has 0 fully saturated rings. The molecule has 13 heavy (non-hydrogen) atoms. The van der Waals surface area contributed by atoms with Gasteiger partial charge in [0, 0.05) is 33.0 Å². The number of hydrogen-bond donors (Lipinski definition) is 1. The van der Waals surface area contributed by atoms with Gasteiger partial charge in [0.1, 0.15) is 0 Å². The van der Waals surface area contributed by atoms with Crippen LogP contribution in [0.2, 0.25) is 0 Å². The highest BCUT2D eigenvalue weighted by atomic mass is 16.4. The predicted octanol–water partition coefficient (Wildman–Crippen LogP) is 0.331. The van der Waals surface area contributed by atoms with E-state index in [2.05, 4.69) is 4.98 Å². The second kappa shape index (κ2) is 3.93. The molecule has 1 aromatic heterocycles. The van der Waals surface area contributed by atoms with Gasteiger partial charge < -0.3 is 14.6 Å². The molecule has 0 aliphatic rings. The molecule has 1 N–H and O–H groups in total. The first-order valence-corrected chi connectivity index (χ1v) is 4.01. The van der Waals surface area contributed by atoms with Gasteiger partial charge in [0.25, 0.3) is 0 Å². The van der Waals surface area contributed by atoms with E-state index in [0.717, 1.165) is 5.95 Å².